The molecule has 0 spiro atoms. The van der Waals surface area contributed by atoms with Crippen LogP contribution in [0.3, 0.4) is 0 Å². The van der Waals surface area contributed by atoms with Crippen LogP contribution in [0, 0.1) is 0 Å². The highest BCUT2D eigenvalue weighted by Crippen LogP contribution is 2.44. The summed E-state index contributed by atoms with van der Waals surface area (Å²) in [4.78, 5) is 2.41. The molecule has 0 aliphatic heterocycles. The molecule has 5 heteroatoms. The lowest BCUT2D eigenvalue weighted by atomic mass is 10.00. The number of furan rings is 1. The molecule has 0 aliphatic carbocycles. The summed E-state index contributed by atoms with van der Waals surface area (Å²) < 4.78 is 13.5. The molecule has 0 aliphatic rings. The van der Waals surface area contributed by atoms with E-state index in [0.717, 1.165) is 72.6 Å². The van der Waals surface area contributed by atoms with Gasteiger partial charge in [-0.2, -0.15) is 0 Å². The van der Waals surface area contributed by atoms with E-state index in [0.29, 0.717) is 0 Å². The summed E-state index contributed by atoms with van der Waals surface area (Å²) in [5.74, 6) is 0. The lowest BCUT2D eigenvalue weighted by Gasteiger charge is -2.26. The monoisotopic (exact) mass is 982 g/mol. The van der Waals surface area contributed by atoms with E-state index in [1.165, 1.54) is 71.1 Å². The molecule has 0 atom stereocenters. The van der Waals surface area contributed by atoms with E-state index in [1.54, 1.807) is 0 Å². The largest absolute Gasteiger partial charge is 0.456 e. The Bertz CT molecular complexity index is 4910. The molecule has 77 heavy (non-hydrogen) atoms. The normalized spacial score (nSPS) is 11.9. The maximum absolute atomic E-state index is 6.36. The van der Waals surface area contributed by atoms with E-state index in [4.69, 9.17) is 4.42 Å². The molecule has 0 radical (unpaired) electrons. The Kier molecular flexibility index (Phi) is 9.57. The van der Waals surface area contributed by atoms with Crippen molar-refractivity contribution < 1.29 is 4.42 Å². The molecular formula is C72H46N4O. The summed E-state index contributed by atoms with van der Waals surface area (Å²) in [6.07, 6.45) is 0. The van der Waals surface area contributed by atoms with E-state index in [9.17, 15) is 0 Å². The van der Waals surface area contributed by atoms with Gasteiger partial charge in [0.15, 0.2) is 0 Å². The molecule has 0 amide bonds. The lowest BCUT2D eigenvalue weighted by Crippen LogP contribution is -2.10. The molecule has 4 aromatic heterocycles. The minimum absolute atomic E-state index is 0.871. The van der Waals surface area contributed by atoms with E-state index in [-0.39, 0.29) is 0 Å². The predicted octanol–water partition coefficient (Wildman–Crippen LogP) is 19.7. The summed E-state index contributed by atoms with van der Waals surface area (Å²) in [7, 11) is 0. The zero-order valence-corrected chi connectivity index (χ0v) is 41.8. The van der Waals surface area contributed by atoms with Crippen LogP contribution in [0.15, 0.2) is 283 Å². The van der Waals surface area contributed by atoms with Gasteiger partial charge in [0.1, 0.15) is 11.2 Å². The molecule has 0 N–H and O–H groups in total. The van der Waals surface area contributed by atoms with E-state index >= 15 is 0 Å². The number of para-hydroxylation sites is 6. The number of fused-ring (bicyclic) bond motifs is 12. The molecule has 16 rings (SSSR count). The van der Waals surface area contributed by atoms with Crippen molar-refractivity contribution in [2.24, 2.45) is 0 Å². The van der Waals surface area contributed by atoms with Gasteiger partial charge in [-0.05, 0) is 144 Å². The van der Waals surface area contributed by atoms with Gasteiger partial charge >= 0.3 is 0 Å². The second kappa shape index (κ2) is 17.1. The van der Waals surface area contributed by atoms with Gasteiger partial charge in [0.25, 0.3) is 0 Å². The third-order valence-electron chi connectivity index (χ3n) is 15.8. The molecule has 0 bridgehead atoms. The Hall–Kier alpha value is -10.4. The maximum Gasteiger partial charge on any atom is 0.135 e. The van der Waals surface area contributed by atoms with Crippen molar-refractivity contribution in [2.75, 3.05) is 4.90 Å². The fraction of sp³-hybridized carbons (Fsp3) is 0. The first-order chi connectivity index (χ1) is 38.2. The second-order valence-electron chi connectivity index (χ2n) is 20.1. The molecule has 0 saturated heterocycles. The molecular weight excluding hydrogens is 937 g/mol. The van der Waals surface area contributed by atoms with E-state index < -0.39 is 0 Å². The summed E-state index contributed by atoms with van der Waals surface area (Å²) in [5.41, 5.74) is 20.2. The Morgan fingerprint density at radius 2 is 0.532 bits per heavy atom. The Morgan fingerprint density at radius 1 is 0.221 bits per heavy atom. The first-order valence-corrected chi connectivity index (χ1v) is 26.3. The maximum atomic E-state index is 6.36. The van der Waals surface area contributed by atoms with Gasteiger partial charge in [-0.1, -0.05) is 158 Å². The highest BCUT2D eigenvalue weighted by atomic mass is 16.3. The number of benzene rings is 12. The van der Waals surface area contributed by atoms with E-state index in [2.05, 4.69) is 286 Å². The van der Waals surface area contributed by atoms with Gasteiger partial charge in [-0.15, -0.1) is 0 Å². The smallest absolute Gasteiger partial charge is 0.135 e. The van der Waals surface area contributed by atoms with E-state index in [1.807, 2.05) is 12.1 Å². The molecule has 4 heterocycles. The fourth-order valence-corrected chi connectivity index (χ4v) is 12.3. The number of aromatic nitrogens is 3. The van der Waals surface area contributed by atoms with Crippen molar-refractivity contribution in [3.63, 3.8) is 0 Å². The standard InChI is InChI=1S/C72H46N4O/c1-2-14-51(15-3-1)74-67-23-11-6-18-59(67)62-44-54(38-41-69(62)74)73(56-40-43-72-64(46-56)61-20-8-13-25-71(61)77-72)55-39-42-70-63(45-55)60-19-7-12-24-68(60)76(70)53-36-32-50(33-37-53)48-28-26-47(27-29-48)49-30-34-52(35-31-49)75-65-21-9-4-16-57(65)58-17-5-10-22-66(58)75/h1-46H. The molecule has 0 saturated carbocycles. The summed E-state index contributed by atoms with van der Waals surface area (Å²) in [6, 6.07) is 101. The average Bonchev–Trinajstić information content (AvgIpc) is 4.31. The van der Waals surface area contributed by atoms with Crippen LogP contribution >= 0.6 is 0 Å². The Morgan fingerprint density at radius 3 is 0.987 bits per heavy atom. The molecule has 0 unspecified atom stereocenters. The third-order valence-corrected chi connectivity index (χ3v) is 15.8. The SMILES string of the molecule is c1ccc(-n2c3ccccc3c3cc(N(c4ccc5oc6ccccc6c5c4)c4ccc5c(c4)c4ccccc4n5-c4ccc(-c5ccc(-c6ccc(-n7c8ccccc8c8ccccc87)cc6)cc5)cc4)ccc32)cc1. The zero-order chi connectivity index (χ0) is 50.6. The number of hydrogen-bond donors (Lipinski definition) is 0. The van der Waals surface area contributed by atoms with Gasteiger partial charge in [0, 0.05) is 77.2 Å². The summed E-state index contributed by atoms with van der Waals surface area (Å²) in [5, 5.41) is 9.52. The van der Waals surface area contributed by atoms with Crippen LogP contribution in [0.25, 0.3) is 127 Å². The van der Waals surface area contributed by atoms with Crippen molar-refractivity contribution in [2.45, 2.75) is 0 Å². The quantitative estimate of drug-likeness (QED) is 0.152. The molecule has 5 nitrogen and oxygen atoms in total. The highest BCUT2D eigenvalue weighted by molar-refractivity contribution is 6.14. The average molecular weight is 983 g/mol. The number of anilines is 3. The number of nitrogens with zero attached hydrogens (tertiary/aromatic N) is 4. The first kappa shape index (κ1) is 43.1. The van der Waals surface area contributed by atoms with Crippen LogP contribution in [0.1, 0.15) is 0 Å². The predicted molar refractivity (Wildman–Crippen MR) is 322 cm³/mol. The van der Waals surface area contributed by atoms with Crippen LogP contribution in [-0.4, -0.2) is 13.7 Å². The third kappa shape index (κ3) is 6.81. The van der Waals surface area contributed by atoms with Crippen molar-refractivity contribution in [3.8, 4) is 39.3 Å². The van der Waals surface area contributed by atoms with Gasteiger partial charge in [-0.25, -0.2) is 0 Å². The highest BCUT2D eigenvalue weighted by Gasteiger charge is 2.22. The summed E-state index contributed by atoms with van der Waals surface area (Å²) >= 11 is 0. The summed E-state index contributed by atoms with van der Waals surface area (Å²) in [6.45, 7) is 0. The molecule has 360 valence electrons. The molecule has 0 fully saturated rings. The van der Waals surface area contributed by atoms with Crippen molar-refractivity contribution in [1.82, 2.24) is 13.7 Å². The first-order valence-electron chi connectivity index (χ1n) is 26.3. The number of hydrogen-bond acceptors (Lipinski definition) is 2. The van der Waals surface area contributed by atoms with Gasteiger partial charge < -0.3 is 23.0 Å². The van der Waals surface area contributed by atoms with Crippen LogP contribution < -0.4 is 4.90 Å². The minimum atomic E-state index is 0.871. The van der Waals surface area contributed by atoms with Crippen LogP contribution in [0.5, 0.6) is 0 Å². The van der Waals surface area contributed by atoms with Crippen LogP contribution in [0.2, 0.25) is 0 Å². The Balaban J connectivity index is 0.764. The lowest BCUT2D eigenvalue weighted by molar-refractivity contribution is 0.669. The van der Waals surface area contributed by atoms with Gasteiger partial charge in [0.2, 0.25) is 0 Å². The molecule has 16 aromatic rings. The van der Waals surface area contributed by atoms with Crippen LogP contribution in [-0.2, 0) is 0 Å². The second-order valence-corrected chi connectivity index (χ2v) is 20.1. The minimum Gasteiger partial charge on any atom is -0.456 e. The van der Waals surface area contributed by atoms with Crippen molar-refractivity contribution in [3.05, 3.63) is 279 Å². The Labute approximate surface area is 443 Å². The van der Waals surface area contributed by atoms with Crippen LogP contribution in [0.4, 0.5) is 17.1 Å². The number of rotatable bonds is 8. The molecule has 12 aromatic carbocycles. The fourth-order valence-electron chi connectivity index (χ4n) is 12.3. The topological polar surface area (TPSA) is 31.2 Å². The van der Waals surface area contributed by atoms with Crippen molar-refractivity contribution in [1.29, 1.82) is 0 Å². The van der Waals surface area contributed by atoms with Gasteiger partial charge in [0.05, 0.1) is 33.1 Å². The van der Waals surface area contributed by atoms with Crippen molar-refractivity contribution >= 4 is 104 Å². The zero-order valence-electron chi connectivity index (χ0n) is 41.8. The van der Waals surface area contributed by atoms with Gasteiger partial charge in [-0.3, -0.25) is 0 Å².